The highest BCUT2D eigenvalue weighted by Gasteiger charge is 2.12. The van der Waals surface area contributed by atoms with Gasteiger partial charge in [0, 0.05) is 0 Å². The van der Waals surface area contributed by atoms with Crippen LogP contribution in [0.4, 0.5) is 0 Å². The molecular formula is C7H11NO4. The van der Waals surface area contributed by atoms with Crippen molar-refractivity contribution in [3.63, 3.8) is 0 Å². The molecule has 0 aliphatic rings. The van der Waals surface area contributed by atoms with Crippen LogP contribution in [0.5, 0.6) is 0 Å². The number of ketones is 1. The number of esters is 1. The molecule has 0 aromatic carbocycles. The Balaban J connectivity index is 3.93. The van der Waals surface area contributed by atoms with Crippen molar-refractivity contribution in [3.8, 4) is 0 Å². The SMILES string of the molecule is CCOC(=O)CC(=O)/C(C)=N/O. The average Bonchev–Trinajstić information content (AvgIpc) is 2.03. The second-order valence-corrected chi connectivity index (χ2v) is 2.09. The van der Waals surface area contributed by atoms with Crippen molar-refractivity contribution in [2.24, 2.45) is 5.16 Å². The van der Waals surface area contributed by atoms with Crippen LogP contribution in [0.3, 0.4) is 0 Å². The largest absolute Gasteiger partial charge is 0.466 e. The summed E-state index contributed by atoms with van der Waals surface area (Å²) >= 11 is 0. The van der Waals surface area contributed by atoms with Crippen LogP contribution in [0, 0.1) is 0 Å². The predicted molar refractivity (Wildman–Crippen MR) is 41.2 cm³/mol. The summed E-state index contributed by atoms with van der Waals surface area (Å²) in [6.07, 6.45) is -0.371. The summed E-state index contributed by atoms with van der Waals surface area (Å²) < 4.78 is 4.51. The normalized spacial score (nSPS) is 11.0. The highest BCUT2D eigenvalue weighted by Crippen LogP contribution is 1.91. The molecule has 0 heterocycles. The molecule has 0 unspecified atom stereocenters. The first-order valence-electron chi connectivity index (χ1n) is 3.49. The molecule has 12 heavy (non-hydrogen) atoms. The third-order valence-corrected chi connectivity index (χ3v) is 1.16. The van der Waals surface area contributed by atoms with E-state index in [-0.39, 0.29) is 18.7 Å². The molecule has 0 atom stereocenters. The summed E-state index contributed by atoms with van der Waals surface area (Å²) in [6.45, 7) is 3.21. The Morgan fingerprint density at radius 3 is 2.50 bits per heavy atom. The zero-order valence-corrected chi connectivity index (χ0v) is 7.03. The van der Waals surface area contributed by atoms with E-state index in [4.69, 9.17) is 5.21 Å². The molecule has 1 N–H and O–H groups in total. The van der Waals surface area contributed by atoms with Crippen molar-refractivity contribution >= 4 is 17.5 Å². The summed E-state index contributed by atoms with van der Waals surface area (Å²) in [7, 11) is 0. The zero-order chi connectivity index (χ0) is 9.56. The minimum absolute atomic E-state index is 0.0944. The quantitative estimate of drug-likeness (QED) is 0.219. The first kappa shape index (κ1) is 10.6. The molecule has 5 heteroatoms. The summed E-state index contributed by atoms with van der Waals surface area (Å²) in [5.41, 5.74) is -0.0944. The molecular weight excluding hydrogens is 162 g/mol. The Hall–Kier alpha value is -1.39. The highest BCUT2D eigenvalue weighted by atomic mass is 16.5. The minimum atomic E-state index is -0.606. The van der Waals surface area contributed by atoms with Gasteiger partial charge in [-0.15, -0.1) is 0 Å². The molecule has 0 amide bonds. The van der Waals surface area contributed by atoms with Crippen molar-refractivity contribution in [2.45, 2.75) is 20.3 Å². The van der Waals surface area contributed by atoms with E-state index in [9.17, 15) is 9.59 Å². The van der Waals surface area contributed by atoms with Gasteiger partial charge in [0.25, 0.3) is 0 Å². The van der Waals surface area contributed by atoms with E-state index in [1.54, 1.807) is 6.92 Å². The molecule has 0 aromatic heterocycles. The first-order valence-corrected chi connectivity index (χ1v) is 3.49. The molecule has 5 nitrogen and oxygen atoms in total. The van der Waals surface area contributed by atoms with E-state index in [0.717, 1.165) is 0 Å². The van der Waals surface area contributed by atoms with Crippen LogP contribution in [0.25, 0.3) is 0 Å². The zero-order valence-electron chi connectivity index (χ0n) is 7.03. The Labute approximate surface area is 70.0 Å². The molecule has 0 radical (unpaired) electrons. The number of carbonyl (C=O) groups is 2. The number of ether oxygens (including phenoxy) is 1. The Kier molecular flexibility index (Phi) is 4.67. The lowest BCUT2D eigenvalue weighted by Crippen LogP contribution is -2.17. The number of rotatable bonds is 4. The predicted octanol–water partition coefficient (Wildman–Crippen LogP) is 0.359. The number of oxime groups is 1. The van der Waals surface area contributed by atoms with Gasteiger partial charge >= 0.3 is 5.97 Å². The lowest BCUT2D eigenvalue weighted by atomic mass is 10.2. The van der Waals surface area contributed by atoms with Crippen molar-refractivity contribution in [2.75, 3.05) is 6.61 Å². The van der Waals surface area contributed by atoms with Gasteiger partial charge in [-0.25, -0.2) is 0 Å². The fraction of sp³-hybridized carbons (Fsp3) is 0.571. The Morgan fingerprint density at radius 1 is 1.50 bits per heavy atom. The van der Waals surface area contributed by atoms with Crippen LogP contribution in [0.15, 0.2) is 5.16 Å². The van der Waals surface area contributed by atoms with Gasteiger partial charge in [-0.3, -0.25) is 9.59 Å². The van der Waals surface area contributed by atoms with E-state index in [0.29, 0.717) is 0 Å². The van der Waals surface area contributed by atoms with Gasteiger partial charge in [-0.05, 0) is 13.8 Å². The van der Waals surface area contributed by atoms with Crippen molar-refractivity contribution < 1.29 is 19.5 Å². The van der Waals surface area contributed by atoms with Gasteiger partial charge in [-0.1, -0.05) is 5.16 Å². The van der Waals surface area contributed by atoms with Gasteiger partial charge in [0.2, 0.25) is 0 Å². The second kappa shape index (κ2) is 5.29. The van der Waals surface area contributed by atoms with Crippen LogP contribution in [-0.2, 0) is 14.3 Å². The fourth-order valence-electron chi connectivity index (χ4n) is 0.527. The van der Waals surface area contributed by atoms with E-state index >= 15 is 0 Å². The third kappa shape index (κ3) is 3.70. The number of carbonyl (C=O) groups excluding carboxylic acids is 2. The topological polar surface area (TPSA) is 76.0 Å². The van der Waals surface area contributed by atoms with E-state index in [2.05, 4.69) is 9.89 Å². The monoisotopic (exact) mass is 173 g/mol. The van der Waals surface area contributed by atoms with Crippen LogP contribution < -0.4 is 0 Å². The second-order valence-electron chi connectivity index (χ2n) is 2.09. The smallest absolute Gasteiger partial charge is 0.313 e. The summed E-state index contributed by atoms with van der Waals surface area (Å²) in [6, 6.07) is 0. The van der Waals surface area contributed by atoms with Crippen LogP contribution >= 0.6 is 0 Å². The van der Waals surface area contributed by atoms with Crippen LogP contribution in [-0.4, -0.2) is 29.3 Å². The van der Waals surface area contributed by atoms with Crippen molar-refractivity contribution in [1.82, 2.24) is 0 Å². The maximum absolute atomic E-state index is 10.9. The van der Waals surface area contributed by atoms with Gasteiger partial charge in [0.05, 0.1) is 6.61 Å². The van der Waals surface area contributed by atoms with Gasteiger partial charge < -0.3 is 9.94 Å². The Morgan fingerprint density at radius 2 is 2.08 bits per heavy atom. The summed E-state index contributed by atoms with van der Waals surface area (Å²) in [5.74, 6) is -1.14. The van der Waals surface area contributed by atoms with Crippen LogP contribution in [0.2, 0.25) is 0 Å². The van der Waals surface area contributed by atoms with Gasteiger partial charge in [0.15, 0.2) is 5.78 Å². The third-order valence-electron chi connectivity index (χ3n) is 1.16. The molecule has 68 valence electrons. The average molecular weight is 173 g/mol. The maximum atomic E-state index is 10.9. The molecule has 0 saturated carbocycles. The first-order chi connectivity index (χ1) is 5.61. The number of hydrogen-bond donors (Lipinski definition) is 1. The lowest BCUT2D eigenvalue weighted by molar-refractivity contribution is -0.144. The standard InChI is InChI=1S/C7H11NO4/c1-3-12-7(10)4-6(9)5(2)8-11/h11H,3-4H2,1-2H3/b8-5+. The molecule has 0 saturated heterocycles. The van der Waals surface area contributed by atoms with E-state index in [1.165, 1.54) is 6.92 Å². The molecule has 0 aliphatic carbocycles. The van der Waals surface area contributed by atoms with E-state index < -0.39 is 11.8 Å². The minimum Gasteiger partial charge on any atom is -0.466 e. The molecule has 0 fully saturated rings. The van der Waals surface area contributed by atoms with E-state index in [1.807, 2.05) is 0 Å². The molecule has 0 rings (SSSR count). The number of nitrogens with zero attached hydrogens (tertiary/aromatic N) is 1. The van der Waals surface area contributed by atoms with Gasteiger partial charge in [-0.2, -0.15) is 0 Å². The highest BCUT2D eigenvalue weighted by molar-refractivity contribution is 6.41. The summed E-state index contributed by atoms with van der Waals surface area (Å²) in [5, 5.41) is 10.8. The Bertz CT molecular complexity index is 209. The summed E-state index contributed by atoms with van der Waals surface area (Å²) in [4.78, 5) is 21.6. The number of Topliss-reactive ketones (excluding diaryl/α,β-unsaturated/α-hetero) is 1. The molecule has 0 bridgehead atoms. The lowest BCUT2D eigenvalue weighted by Gasteiger charge is -1.98. The van der Waals surface area contributed by atoms with Crippen molar-refractivity contribution in [1.29, 1.82) is 0 Å². The maximum Gasteiger partial charge on any atom is 0.313 e. The van der Waals surface area contributed by atoms with Crippen molar-refractivity contribution in [3.05, 3.63) is 0 Å². The fourth-order valence-corrected chi connectivity index (χ4v) is 0.527. The molecule has 0 aromatic rings. The molecule has 0 spiro atoms. The van der Waals surface area contributed by atoms with Crippen LogP contribution in [0.1, 0.15) is 20.3 Å². The number of hydrogen-bond acceptors (Lipinski definition) is 5. The molecule has 0 aliphatic heterocycles. The van der Waals surface area contributed by atoms with Gasteiger partial charge in [0.1, 0.15) is 12.1 Å².